The molecular formula is C26H30N8O3. The molecule has 192 valence electrons. The molecule has 11 heteroatoms. The highest BCUT2D eigenvalue weighted by Gasteiger charge is 2.24. The van der Waals surface area contributed by atoms with Gasteiger partial charge in [0, 0.05) is 55.3 Å². The van der Waals surface area contributed by atoms with Crippen LogP contribution in [0.25, 0.3) is 44.3 Å². The van der Waals surface area contributed by atoms with Crippen LogP contribution < -0.4 is 10.1 Å². The van der Waals surface area contributed by atoms with Gasteiger partial charge in [-0.3, -0.25) is 9.78 Å². The summed E-state index contributed by atoms with van der Waals surface area (Å²) in [5, 5.41) is 32.6. The summed E-state index contributed by atoms with van der Waals surface area (Å²) in [5.41, 5.74) is 6.88. The minimum atomic E-state index is -0.519. The number of aromatic amines is 1. The van der Waals surface area contributed by atoms with Gasteiger partial charge in [-0.25, -0.2) is 9.67 Å². The summed E-state index contributed by atoms with van der Waals surface area (Å²) in [6.45, 7) is 5.73. The zero-order chi connectivity index (χ0) is 25.7. The van der Waals surface area contributed by atoms with Crippen LogP contribution in [0.15, 0.2) is 30.5 Å². The van der Waals surface area contributed by atoms with E-state index in [9.17, 15) is 5.11 Å². The molecule has 4 bridgehead atoms. The predicted molar refractivity (Wildman–Crippen MR) is 139 cm³/mol. The first kappa shape index (κ1) is 23.6. The fourth-order valence-electron chi connectivity index (χ4n) is 5.03. The second-order valence-corrected chi connectivity index (χ2v) is 9.65. The normalized spacial score (nSPS) is 16.6. The van der Waals surface area contributed by atoms with Crippen LogP contribution in [0.4, 0.5) is 0 Å². The largest absolute Gasteiger partial charge is 0.473 e. The summed E-state index contributed by atoms with van der Waals surface area (Å²) in [5.74, 6) is 0.657. The van der Waals surface area contributed by atoms with Gasteiger partial charge in [-0.1, -0.05) is 6.07 Å². The zero-order valence-electron chi connectivity index (χ0n) is 21.3. The number of aliphatic hydroxyl groups is 1. The lowest BCUT2D eigenvalue weighted by Gasteiger charge is -2.17. The Morgan fingerprint density at radius 2 is 2.05 bits per heavy atom. The maximum atomic E-state index is 10.1. The van der Waals surface area contributed by atoms with E-state index in [0.717, 1.165) is 50.1 Å². The Balaban J connectivity index is 1.58. The number of fused-ring (bicyclic) bond motifs is 5. The summed E-state index contributed by atoms with van der Waals surface area (Å²) in [7, 11) is 3.53. The number of rotatable bonds is 4. The summed E-state index contributed by atoms with van der Waals surface area (Å²) in [6, 6.07) is 8.25. The number of aryl methyl sites for hydroxylation is 1. The van der Waals surface area contributed by atoms with E-state index in [1.54, 1.807) is 24.9 Å². The van der Waals surface area contributed by atoms with Gasteiger partial charge >= 0.3 is 0 Å². The number of ether oxygens (including phenoxy) is 2. The first-order valence-corrected chi connectivity index (χ1v) is 12.4. The minimum absolute atomic E-state index is 0.147. The maximum absolute atomic E-state index is 10.1. The fraction of sp³-hybridized carbons (Fsp3) is 0.385. The quantitative estimate of drug-likeness (QED) is 0.342. The molecule has 37 heavy (non-hydrogen) atoms. The van der Waals surface area contributed by atoms with E-state index in [-0.39, 0.29) is 6.10 Å². The van der Waals surface area contributed by atoms with Gasteiger partial charge in [-0.2, -0.15) is 15.3 Å². The van der Waals surface area contributed by atoms with Gasteiger partial charge in [-0.15, -0.1) is 0 Å². The van der Waals surface area contributed by atoms with Gasteiger partial charge in [0.05, 0.1) is 47.4 Å². The molecule has 5 heterocycles. The molecule has 0 spiro atoms. The van der Waals surface area contributed by atoms with Gasteiger partial charge in [0.25, 0.3) is 0 Å². The number of aromatic nitrogens is 7. The fourth-order valence-corrected chi connectivity index (χ4v) is 5.03. The lowest BCUT2D eigenvalue weighted by atomic mass is 10.0. The summed E-state index contributed by atoms with van der Waals surface area (Å²) >= 11 is 0. The third-order valence-electron chi connectivity index (χ3n) is 6.66. The van der Waals surface area contributed by atoms with E-state index >= 15 is 0 Å². The number of methoxy groups -OCH3 is 1. The van der Waals surface area contributed by atoms with Gasteiger partial charge in [0.2, 0.25) is 5.88 Å². The molecule has 11 nitrogen and oxygen atoms in total. The average molecular weight is 503 g/mol. The number of H-pyrrole nitrogens is 1. The van der Waals surface area contributed by atoms with Crippen molar-refractivity contribution in [1.29, 1.82) is 0 Å². The highest BCUT2D eigenvalue weighted by atomic mass is 16.5. The van der Waals surface area contributed by atoms with Gasteiger partial charge in [0.1, 0.15) is 6.10 Å². The zero-order valence-corrected chi connectivity index (χ0v) is 21.3. The number of hydrogen-bond donors (Lipinski definition) is 3. The molecule has 4 aromatic heterocycles. The molecule has 0 fully saturated rings. The monoisotopic (exact) mass is 502 g/mol. The van der Waals surface area contributed by atoms with Crippen LogP contribution in [0.3, 0.4) is 0 Å². The third kappa shape index (κ3) is 4.14. The van der Waals surface area contributed by atoms with E-state index < -0.39 is 6.10 Å². The molecule has 0 amide bonds. The molecular weight excluding hydrogens is 472 g/mol. The molecule has 0 radical (unpaired) electrons. The Labute approximate surface area is 213 Å². The van der Waals surface area contributed by atoms with Crippen molar-refractivity contribution in [2.75, 3.05) is 13.7 Å². The number of benzene rings is 1. The number of hydrogen-bond acceptors (Lipinski definition) is 8. The molecule has 3 N–H and O–H groups in total. The Hall–Kier alpha value is -3.80. The molecule has 2 atom stereocenters. The first-order valence-electron chi connectivity index (χ1n) is 12.4. The summed E-state index contributed by atoms with van der Waals surface area (Å²) in [4.78, 5) is 4.65. The molecule has 0 saturated carbocycles. The van der Waals surface area contributed by atoms with Gasteiger partial charge in [0.15, 0.2) is 5.65 Å². The Bertz CT molecular complexity index is 1600. The van der Waals surface area contributed by atoms with Crippen LogP contribution in [0, 0.1) is 0 Å². The van der Waals surface area contributed by atoms with Gasteiger partial charge < -0.3 is 19.9 Å². The molecule has 0 aliphatic carbocycles. The van der Waals surface area contributed by atoms with Crippen LogP contribution in [-0.4, -0.2) is 65.7 Å². The van der Waals surface area contributed by atoms with Crippen LogP contribution in [-0.2, 0) is 31.5 Å². The second-order valence-electron chi connectivity index (χ2n) is 9.65. The maximum Gasteiger partial charge on any atom is 0.220 e. The Kier molecular flexibility index (Phi) is 5.90. The Morgan fingerprint density at radius 1 is 1.22 bits per heavy atom. The van der Waals surface area contributed by atoms with Crippen LogP contribution >= 0.6 is 0 Å². The van der Waals surface area contributed by atoms with E-state index in [0.29, 0.717) is 37.8 Å². The van der Waals surface area contributed by atoms with Crippen molar-refractivity contribution in [1.82, 2.24) is 40.1 Å². The van der Waals surface area contributed by atoms with E-state index in [1.165, 1.54) is 0 Å². The van der Waals surface area contributed by atoms with Crippen molar-refractivity contribution >= 4 is 21.9 Å². The van der Waals surface area contributed by atoms with Crippen LogP contribution in [0.2, 0.25) is 0 Å². The topological polar surface area (TPSA) is 128 Å². The van der Waals surface area contributed by atoms with E-state index in [4.69, 9.17) is 14.6 Å². The lowest BCUT2D eigenvalue weighted by Crippen LogP contribution is -2.30. The molecule has 1 aromatic carbocycles. The van der Waals surface area contributed by atoms with Crippen molar-refractivity contribution in [3.63, 3.8) is 0 Å². The van der Waals surface area contributed by atoms with Crippen molar-refractivity contribution in [3.8, 4) is 28.3 Å². The average Bonchev–Trinajstić information content (AvgIpc) is 3.52. The second kappa shape index (κ2) is 9.25. The number of pyridine rings is 1. The van der Waals surface area contributed by atoms with Crippen molar-refractivity contribution in [2.24, 2.45) is 7.05 Å². The summed E-state index contributed by atoms with van der Waals surface area (Å²) in [6.07, 6.45) is 1.14. The molecule has 6 rings (SSSR count). The van der Waals surface area contributed by atoms with Gasteiger partial charge in [-0.05, 0) is 32.0 Å². The van der Waals surface area contributed by atoms with Crippen molar-refractivity contribution < 1.29 is 14.6 Å². The number of nitrogens with one attached hydrogen (secondary N) is 2. The molecule has 1 aliphatic heterocycles. The molecule has 5 aromatic rings. The van der Waals surface area contributed by atoms with E-state index in [2.05, 4.69) is 37.7 Å². The molecule has 0 unspecified atom stereocenters. The predicted octanol–water partition coefficient (Wildman–Crippen LogP) is 2.77. The first-order chi connectivity index (χ1) is 17.9. The standard InChI is InChI=1S/C26H30N8O3/c1-14(35)12-34-22-11-27-9-15(2)37-26-23(21(13-36-4)31-33(26)3)17-8-19-24(29-30-25(19)28-10-17)16-5-6-20(32-34)18(22)7-16/h5-8,10,14-15,27,35H,9,11-13H2,1-4H3,(H,28,29,30)/t14-,15-/m0/s1. The SMILES string of the molecule is COCc1nn(C)c2c1-c1cnc3n[nH]c(c3c1)-c1ccc3nn(C[C@H](C)O)c(c3c1)CNC[C@H](C)O2. The lowest BCUT2D eigenvalue weighted by molar-refractivity contribution is 0.166. The van der Waals surface area contributed by atoms with Crippen LogP contribution in [0.1, 0.15) is 25.2 Å². The van der Waals surface area contributed by atoms with Crippen LogP contribution in [0.5, 0.6) is 5.88 Å². The van der Waals surface area contributed by atoms with Crippen molar-refractivity contribution in [2.45, 2.75) is 45.8 Å². The molecule has 0 saturated heterocycles. The highest BCUT2D eigenvalue weighted by Crippen LogP contribution is 2.37. The third-order valence-corrected chi connectivity index (χ3v) is 6.66. The Morgan fingerprint density at radius 3 is 2.86 bits per heavy atom. The number of aliphatic hydroxyl groups excluding tert-OH is 1. The molecule has 1 aliphatic rings. The van der Waals surface area contributed by atoms with Crippen molar-refractivity contribution in [3.05, 3.63) is 41.9 Å². The number of nitrogens with zero attached hydrogens (tertiary/aromatic N) is 6. The summed E-state index contributed by atoms with van der Waals surface area (Å²) < 4.78 is 15.5. The highest BCUT2D eigenvalue weighted by molar-refractivity contribution is 5.96. The smallest absolute Gasteiger partial charge is 0.220 e. The van der Waals surface area contributed by atoms with E-state index in [1.807, 2.05) is 30.8 Å². The minimum Gasteiger partial charge on any atom is -0.473 e.